The maximum Gasteiger partial charge on any atom is 0.294 e. The molecule has 1 atom stereocenters. The predicted molar refractivity (Wildman–Crippen MR) is 103 cm³/mol. The van der Waals surface area contributed by atoms with Crippen molar-refractivity contribution in [3.63, 3.8) is 0 Å². The van der Waals surface area contributed by atoms with Gasteiger partial charge in [0.25, 0.3) is 15.8 Å². The van der Waals surface area contributed by atoms with Crippen molar-refractivity contribution in [2.45, 2.75) is 24.3 Å². The molecular weight excluding hydrogens is 402 g/mol. The van der Waals surface area contributed by atoms with Crippen LogP contribution in [0.3, 0.4) is 0 Å². The third-order valence-corrected chi connectivity index (χ3v) is 5.28. The van der Waals surface area contributed by atoms with E-state index < -0.39 is 21.1 Å². The molecule has 2 aromatic rings. The van der Waals surface area contributed by atoms with Crippen LogP contribution in [0.4, 0.5) is 5.69 Å². The van der Waals surface area contributed by atoms with E-state index in [0.717, 1.165) is 11.6 Å². The summed E-state index contributed by atoms with van der Waals surface area (Å²) in [5, 5.41) is 11.3. The molecular formula is C19H17NO8S. The molecule has 10 heteroatoms. The molecule has 0 bridgehead atoms. The summed E-state index contributed by atoms with van der Waals surface area (Å²) in [6.07, 6.45) is 2.25. The molecule has 0 aromatic heterocycles. The Morgan fingerprint density at radius 3 is 2.72 bits per heavy atom. The Kier molecular flexibility index (Phi) is 5.66. The van der Waals surface area contributed by atoms with Gasteiger partial charge in [0.15, 0.2) is 11.5 Å². The number of carbonyl (C=O) groups is 1. The fourth-order valence-electron chi connectivity index (χ4n) is 3.11. The number of nitrogens with zero attached hydrogens (tertiary/aromatic N) is 1. The van der Waals surface area contributed by atoms with Crippen LogP contribution in [0.2, 0.25) is 0 Å². The van der Waals surface area contributed by atoms with E-state index in [4.69, 9.17) is 9.47 Å². The molecule has 0 saturated heterocycles. The Bertz CT molecular complexity index is 1110. The molecule has 1 heterocycles. The van der Waals surface area contributed by atoms with Gasteiger partial charge < -0.3 is 9.47 Å². The molecule has 1 aliphatic heterocycles. The molecule has 9 nitrogen and oxygen atoms in total. The van der Waals surface area contributed by atoms with E-state index in [1.54, 1.807) is 19.1 Å². The van der Waals surface area contributed by atoms with Crippen molar-refractivity contribution in [2.24, 2.45) is 0 Å². The van der Waals surface area contributed by atoms with Crippen molar-refractivity contribution >= 4 is 28.2 Å². The highest BCUT2D eigenvalue weighted by molar-refractivity contribution is 7.85. The summed E-state index contributed by atoms with van der Waals surface area (Å²) in [6, 6.07) is 7.14. The van der Waals surface area contributed by atoms with Gasteiger partial charge in [0.05, 0.1) is 15.4 Å². The number of allylic oxidation sites excluding steroid dienone is 1. The van der Waals surface area contributed by atoms with Crippen LogP contribution in [0.15, 0.2) is 41.3 Å². The van der Waals surface area contributed by atoms with Crippen LogP contribution < -0.4 is 9.47 Å². The Hall–Kier alpha value is -3.24. The van der Waals surface area contributed by atoms with Gasteiger partial charge in [0.1, 0.15) is 19.0 Å². The molecule has 1 unspecified atom stereocenters. The topological polar surface area (TPSA) is 133 Å². The molecule has 29 heavy (non-hydrogen) atoms. The zero-order valence-corrected chi connectivity index (χ0v) is 16.1. The van der Waals surface area contributed by atoms with Gasteiger partial charge in [-0.15, -0.1) is 0 Å². The average Bonchev–Trinajstić information content (AvgIpc) is 2.64. The van der Waals surface area contributed by atoms with Gasteiger partial charge in [-0.3, -0.25) is 19.5 Å². The normalized spacial score (nSPS) is 16.0. The smallest absolute Gasteiger partial charge is 0.294 e. The number of aryl methyl sites for hydroxylation is 1. The van der Waals surface area contributed by atoms with Gasteiger partial charge >= 0.3 is 0 Å². The number of fused-ring (bicyclic) bond motifs is 1. The van der Waals surface area contributed by atoms with Crippen LogP contribution in [0.5, 0.6) is 11.5 Å². The van der Waals surface area contributed by atoms with Gasteiger partial charge in [-0.1, -0.05) is 17.7 Å². The van der Waals surface area contributed by atoms with Crippen LogP contribution >= 0.6 is 0 Å². The third kappa shape index (κ3) is 4.44. The molecule has 0 fully saturated rings. The average molecular weight is 419 g/mol. The Labute approximate surface area is 166 Å². The van der Waals surface area contributed by atoms with Gasteiger partial charge in [0, 0.05) is 12.5 Å². The molecule has 1 aliphatic rings. The molecule has 1 N–H and O–H groups in total. The fraction of sp³-hybridized carbons (Fsp3) is 0.211. The van der Waals surface area contributed by atoms with Crippen molar-refractivity contribution in [3.05, 3.63) is 63.2 Å². The van der Waals surface area contributed by atoms with E-state index in [0.29, 0.717) is 11.8 Å². The second-order valence-corrected chi connectivity index (χ2v) is 7.81. The molecule has 3 rings (SSSR count). The predicted octanol–water partition coefficient (Wildman–Crippen LogP) is 2.74. The number of rotatable bonds is 6. The fourth-order valence-corrected chi connectivity index (χ4v) is 3.82. The van der Waals surface area contributed by atoms with Gasteiger partial charge in [-0.2, -0.15) is 8.42 Å². The third-order valence-electron chi connectivity index (χ3n) is 4.33. The first-order chi connectivity index (χ1) is 13.7. The zero-order valence-electron chi connectivity index (χ0n) is 15.3. The van der Waals surface area contributed by atoms with Crippen molar-refractivity contribution in [1.29, 1.82) is 0 Å². The number of hydrogen-bond acceptors (Lipinski definition) is 7. The minimum absolute atomic E-state index is 0.0699. The number of carbonyl (C=O) groups excluding carboxylic acids is 1. The summed E-state index contributed by atoms with van der Waals surface area (Å²) in [6.45, 7) is 1.84. The van der Waals surface area contributed by atoms with Crippen LogP contribution in [-0.2, 0) is 21.3 Å². The lowest BCUT2D eigenvalue weighted by atomic mass is 10.0. The first kappa shape index (κ1) is 20.5. The number of nitro groups is 1. The highest BCUT2D eigenvalue weighted by Crippen LogP contribution is 2.41. The van der Waals surface area contributed by atoms with Crippen molar-refractivity contribution < 1.29 is 32.2 Å². The number of nitro benzene ring substituents is 1. The number of hydrogen-bond donors (Lipinski definition) is 1. The lowest BCUT2D eigenvalue weighted by molar-refractivity contribution is -0.385. The molecule has 0 amide bonds. The van der Waals surface area contributed by atoms with Crippen molar-refractivity contribution in [2.75, 3.05) is 6.61 Å². The highest BCUT2D eigenvalue weighted by atomic mass is 32.2. The second-order valence-electron chi connectivity index (χ2n) is 6.42. The van der Waals surface area contributed by atoms with Crippen LogP contribution in [-0.4, -0.2) is 36.9 Å². The summed E-state index contributed by atoms with van der Waals surface area (Å²) >= 11 is 0. The van der Waals surface area contributed by atoms with E-state index in [1.807, 2.05) is 0 Å². The van der Waals surface area contributed by atoms with E-state index in [9.17, 15) is 27.9 Å². The first-order valence-corrected chi connectivity index (χ1v) is 9.94. The summed E-state index contributed by atoms with van der Waals surface area (Å²) in [4.78, 5) is 21.2. The zero-order chi connectivity index (χ0) is 21.2. The first-order valence-electron chi connectivity index (χ1n) is 8.50. The lowest BCUT2D eigenvalue weighted by Gasteiger charge is -2.28. The quantitative estimate of drug-likeness (QED) is 0.248. The minimum Gasteiger partial charge on any atom is -0.486 e. The van der Waals surface area contributed by atoms with E-state index in [2.05, 4.69) is 0 Å². The largest absolute Gasteiger partial charge is 0.486 e. The SMILES string of the molecule is Cc1ccc(S(=O)(=O)O)c(CC2COc3ccc([N+](=O)[O-])c(/C=C/C=O)c3O2)c1. The Morgan fingerprint density at radius 1 is 1.31 bits per heavy atom. The van der Waals surface area contributed by atoms with Gasteiger partial charge in [-0.05, 0) is 36.8 Å². The number of aldehydes is 1. The molecule has 0 radical (unpaired) electrons. The van der Waals surface area contributed by atoms with Crippen LogP contribution in [0.25, 0.3) is 6.08 Å². The van der Waals surface area contributed by atoms with E-state index >= 15 is 0 Å². The highest BCUT2D eigenvalue weighted by Gasteiger charge is 2.29. The van der Waals surface area contributed by atoms with Crippen molar-refractivity contribution in [3.8, 4) is 11.5 Å². The number of ether oxygens (including phenoxy) is 2. The molecule has 2 aromatic carbocycles. The van der Waals surface area contributed by atoms with E-state index in [-0.39, 0.29) is 40.7 Å². The summed E-state index contributed by atoms with van der Waals surface area (Å²) < 4.78 is 44.3. The van der Waals surface area contributed by atoms with E-state index in [1.165, 1.54) is 24.3 Å². The van der Waals surface area contributed by atoms with Crippen LogP contribution in [0, 0.1) is 17.0 Å². The molecule has 152 valence electrons. The Morgan fingerprint density at radius 2 is 2.07 bits per heavy atom. The number of benzene rings is 2. The summed E-state index contributed by atoms with van der Waals surface area (Å²) in [7, 11) is -4.44. The summed E-state index contributed by atoms with van der Waals surface area (Å²) in [5.74, 6) is 0.367. The standard InChI is InChI=1S/C19H17NO8S/c1-12-4-7-18(29(24,25)26)13(9-12)10-14-11-27-17-6-5-16(20(22)23)15(3-2-8-21)19(17)28-14/h2-9,14H,10-11H2,1H3,(H,24,25,26)/b3-2+. The minimum atomic E-state index is -4.44. The van der Waals surface area contributed by atoms with Crippen LogP contribution in [0.1, 0.15) is 16.7 Å². The van der Waals surface area contributed by atoms with Gasteiger partial charge in [0.2, 0.25) is 0 Å². The molecule has 0 aliphatic carbocycles. The second kappa shape index (κ2) is 8.02. The lowest BCUT2D eigenvalue weighted by Crippen LogP contribution is -2.32. The maximum absolute atomic E-state index is 11.7. The summed E-state index contributed by atoms with van der Waals surface area (Å²) in [5.41, 5.74) is 0.929. The molecule has 0 spiro atoms. The molecule has 0 saturated carbocycles. The monoisotopic (exact) mass is 419 g/mol. The van der Waals surface area contributed by atoms with Crippen molar-refractivity contribution in [1.82, 2.24) is 0 Å². The van der Waals surface area contributed by atoms with Gasteiger partial charge in [-0.25, -0.2) is 0 Å². The Balaban J connectivity index is 1.99. The maximum atomic E-state index is 11.7.